The molecule has 0 aliphatic heterocycles. The van der Waals surface area contributed by atoms with Crippen LogP contribution < -0.4 is 0 Å². The lowest BCUT2D eigenvalue weighted by atomic mass is 9.44. The first kappa shape index (κ1) is 22.6. The number of aliphatic hydroxyl groups excluding tert-OH is 1. The molecule has 4 aliphatic rings. The summed E-state index contributed by atoms with van der Waals surface area (Å²) >= 11 is 0. The van der Waals surface area contributed by atoms with Gasteiger partial charge < -0.3 is 5.11 Å². The average molecular weight is 415 g/mol. The van der Waals surface area contributed by atoms with E-state index < -0.39 is 0 Å². The number of rotatable bonds is 4. The van der Waals surface area contributed by atoms with Gasteiger partial charge in [-0.1, -0.05) is 53.7 Å². The van der Waals surface area contributed by atoms with Crippen LogP contribution in [0, 0.1) is 58.2 Å². The molecule has 0 amide bonds. The molecule has 4 rings (SSSR count). The second kappa shape index (κ2) is 8.05. The molecule has 4 aliphatic carbocycles. The van der Waals surface area contributed by atoms with E-state index in [1.54, 1.807) is 0 Å². The molecule has 0 saturated heterocycles. The van der Waals surface area contributed by atoms with E-state index in [4.69, 9.17) is 0 Å². The summed E-state index contributed by atoms with van der Waals surface area (Å²) in [7, 11) is 0. The van der Waals surface area contributed by atoms with Crippen molar-refractivity contribution in [2.75, 3.05) is 0 Å². The van der Waals surface area contributed by atoms with Crippen molar-refractivity contribution in [2.24, 2.45) is 58.2 Å². The summed E-state index contributed by atoms with van der Waals surface area (Å²) in [5, 5.41) is 10.2. The Hall–Kier alpha value is -0.630. The molecule has 2 nitrogen and oxygen atoms in total. The Labute approximate surface area is 185 Å². The number of fused-ring (bicyclic) bond motifs is 5. The van der Waals surface area contributed by atoms with Crippen molar-refractivity contribution in [3.8, 4) is 0 Å². The molecule has 0 spiro atoms. The molecule has 0 bridgehead atoms. The zero-order chi connectivity index (χ0) is 21.8. The van der Waals surface area contributed by atoms with Gasteiger partial charge in [0.05, 0.1) is 6.10 Å². The van der Waals surface area contributed by atoms with E-state index in [1.807, 2.05) is 0 Å². The highest BCUT2D eigenvalue weighted by Gasteiger charge is 2.62. The minimum absolute atomic E-state index is 0.114. The fourth-order valence-corrected chi connectivity index (χ4v) is 8.63. The first-order chi connectivity index (χ1) is 14.1. The molecule has 170 valence electrons. The molecular weight excluding hydrogens is 368 g/mol. The van der Waals surface area contributed by atoms with Gasteiger partial charge in [0.1, 0.15) is 5.78 Å². The van der Waals surface area contributed by atoms with Gasteiger partial charge in [-0.25, -0.2) is 0 Å². The number of allylic oxidation sites excluding steroid dienone is 2. The largest absolute Gasteiger partial charge is 0.393 e. The maximum Gasteiger partial charge on any atom is 0.136 e. The average Bonchev–Trinajstić information content (AvgIpc) is 3.04. The number of carbonyl (C=O) groups is 1. The second-order valence-electron chi connectivity index (χ2n) is 12.6. The highest BCUT2D eigenvalue weighted by molar-refractivity contribution is 5.83. The van der Waals surface area contributed by atoms with Crippen LogP contribution in [0.2, 0.25) is 0 Å². The lowest BCUT2D eigenvalue weighted by Gasteiger charge is -2.60. The fourth-order valence-electron chi connectivity index (χ4n) is 8.63. The molecule has 2 heteroatoms. The Kier molecular flexibility index (Phi) is 6.06. The molecule has 0 aromatic carbocycles. The third-order valence-electron chi connectivity index (χ3n) is 10.9. The number of carbonyl (C=O) groups excluding carboxylic acids is 1. The molecule has 0 heterocycles. The molecule has 4 saturated carbocycles. The molecule has 0 unspecified atom stereocenters. The summed E-state index contributed by atoms with van der Waals surface area (Å²) in [6.45, 7) is 14.4. The normalized spacial score (nSPS) is 48.3. The number of hydrogen-bond donors (Lipinski definition) is 1. The third-order valence-corrected chi connectivity index (χ3v) is 10.9. The van der Waals surface area contributed by atoms with Crippen molar-refractivity contribution in [3.63, 3.8) is 0 Å². The minimum Gasteiger partial charge on any atom is -0.393 e. The zero-order valence-electron chi connectivity index (χ0n) is 20.4. The Morgan fingerprint density at radius 3 is 2.30 bits per heavy atom. The zero-order valence-corrected chi connectivity index (χ0v) is 20.4. The molecule has 4 fully saturated rings. The van der Waals surface area contributed by atoms with E-state index in [-0.39, 0.29) is 17.4 Å². The topological polar surface area (TPSA) is 37.3 Å². The van der Waals surface area contributed by atoms with E-state index in [2.05, 4.69) is 53.7 Å². The van der Waals surface area contributed by atoms with Crippen LogP contribution in [0.25, 0.3) is 0 Å². The van der Waals surface area contributed by atoms with Gasteiger partial charge in [0.15, 0.2) is 0 Å². The summed E-state index contributed by atoms with van der Waals surface area (Å²) in [6.07, 6.45) is 13.4. The van der Waals surface area contributed by atoms with Crippen molar-refractivity contribution in [2.45, 2.75) is 99.0 Å². The van der Waals surface area contributed by atoms with Gasteiger partial charge in [0.25, 0.3) is 0 Å². The van der Waals surface area contributed by atoms with Crippen molar-refractivity contribution in [3.05, 3.63) is 12.2 Å². The molecule has 30 heavy (non-hydrogen) atoms. The van der Waals surface area contributed by atoms with E-state index >= 15 is 0 Å². The lowest BCUT2D eigenvalue weighted by Crippen LogP contribution is -2.57. The molecule has 0 aromatic heterocycles. The first-order valence-electron chi connectivity index (χ1n) is 13.0. The minimum atomic E-state index is -0.255. The molecule has 0 aromatic rings. The number of Topliss-reactive ketones (excluding diaryl/α,β-unsaturated/α-hetero) is 1. The van der Waals surface area contributed by atoms with E-state index in [0.717, 1.165) is 31.6 Å². The summed E-state index contributed by atoms with van der Waals surface area (Å²) < 4.78 is 0. The number of hydrogen-bond acceptors (Lipinski definition) is 2. The van der Waals surface area contributed by atoms with E-state index in [1.165, 1.54) is 25.7 Å². The van der Waals surface area contributed by atoms with E-state index in [0.29, 0.717) is 46.7 Å². The Morgan fingerprint density at radius 2 is 1.60 bits per heavy atom. The van der Waals surface area contributed by atoms with Gasteiger partial charge in [-0.05, 0) is 97.2 Å². The van der Waals surface area contributed by atoms with Crippen LogP contribution in [0.15, 0.2) is 12.2 Å². The Morgan fingerprint density at radius 1 is 0.933 bits per heavy atom. The highest BCUT2D eigenvalue weighted by Crippen LogP contribution is 2.67. The van der Waals surface area contributed by atoms with Gasteiger partial charge in [-0.2, -0.15) is 0 Å². The number of aliphatic hydroxyl groups is 1. The quantitative estimate of drug-likeness (QED) is 0.522. The van der Waals surface area contributed by atoms with Gasteiger partial charge in [-0.15, -0.1) is 0 Å². The predicted octanol–water partition coefficient (Wildman–Crippen LogP) is 6.67. The first-order valence-corrected chi connectivity index (χ1v) is 13.0. The smallest absolute Gasteiger partial charge is 0.136 e. The lowest BCUT2D eigenvalue weighted by molar-refractivity contribution is -0.159. The standard InChI is InChI=1S/C28H46O2/c1-17(2)18(3)7-8-19(4)22-9-10-23-21-16-26(30)25-15-20(29)11-13-28(25,6)24(21)12-14-27(22,23)5/h7-8,17-25,29H,9-16H2,1-6H3/t18-,19-,20+,21+,22-,23+,24+,25-,27-,28-/m1/s1. The van der Waals surface area contributed by atoms with Crippen LogP contribution in [-0.2, 0) is 4.79 Å². The molecule has 1 N–H and O–H groups in total. The Balaban J connectivity index is 1.54. The van der Waals surface area contributed by atoms with Crippen molar-refractivity contribution in [1.82, 2.24) is 0 Å². The van der Waals surface area contributed by atoms with Crippen molar-refractivity contribution in [1.29, 1.82) is 0 Å². The Bertz CT molecular complexity index is 680. The monoisotopic (exact) mass is 414 g/mol. The summed E-state index contributed by atoms with van der Waals surface area (Å²) in [6, 6.07) is 0. The predicted molar refractivity (Wildman–Crippen MR) is 124 cm³/mol. The second-order valence-corrected chi connectivity index (χ2v) is 12.6. The van der Waals surface area contributed by atoms with Gasteiger partial charge >= 0.3 is 0 Å². The van der Waals surface area contributed by atoms with Crippen LogP contribution in [0.5, 0.6) is 0 Å². The summed E-state index contributed by atoms with van der Waals surface area (Å²) in [5.74, 6) is 5.31. The summed E-state index contributed by atoms with van der Waals surface area (Å²) in [5.41, 5.74) is 0.528. The summed E-state index contributed by atoms with van der Waals surface area (Å²) in [4.78, 5) is 13.3. The van der Waals surface area contributed by atoms with Crippen LogP contribution in [0.3, 0.4) is 0 Å². The fraction of sp³-hybridized carbons (Fsp3) is 0.893. The van der Waals surface area contributed by atoms with Gasteiger partial charge in [0, 0.05) is 12.3 Å². The SMILES string of the molecule is CC(C)[C@H](C)C=C[C@@H](C)[C@H]1CC[C@H]2[C@@H]3CC(=O)[C@H]4C[C@@H](O)CC[C@]4(C)[C@H]3CC[C@]12C. The third kappa shape index (κ3) is 3.54. The molecular formula is C28H46O2. The maximum atomic E-state index is 13.3. The molecule has 0 radical (unpaired) electrons. The van der Waals surface area contributed by atoms with Gasteiger partial charge in [0.2, 0.25) is 0 Å². The van der Waals surface area contributed by atoms with Crippen molar-refractivity contribution < 1.29 is 9.90 Å². The maximum absolute atomic E-state index is 13.3. The number of ketones is 1. The van der Waals surface area contributed by atoms with Crippen LogP contribution >= 0.6 is 0 Å². The van der Waals surface area contributed by atoms with Gasteiger partial charge in [-0.3, -0.25) is 4.79 Å². The highest BCUT2D eigenvalue weighted by atomic mass is 16.3. The van der Waals surface area contributed by atoms with Crippen LogP contribution in [0.4, 0.5) is 0 Å². The van der Waals surface area contributed by atoms with Crippen LogP contribution in [-0.4, -0.2) is 17.0 Å². The van der Waals surface area contributed by atoms with E-state index in [9.17, 15) is 9.90 Å². The molecule has 10 atom stereocenters. The van der Waals surface area contributed by atoms with Crippen LogP contribution in [0.1, 0.15) is 92.9 Å². The van der Waals surface area contributed by atoms with Crippen molar-refractivity contribution >= 4 is 5.78 Å².